The molecule has 3 aromatic carbocycles. The summed E-state index contributed by atoms with van der Waals surface area (Å²) in [5, 5.41) is 27.0. The number of carbonyl (C=O) groups excluding carboxylic acids is 2. The molecule has 0 aliphatic rings. The summed E-state index contributed by atoms with van der Waals surface area (Å²) in [6.07, 6.45) is -5.46. The van der Waals surface area contributed by atoms with Crippen LogP contribution in [0.3, 0.4) is 0 Å². The molecule has 6 N–H and O–H groups in total. The third kappa shape index (κ3) is 9.51. The van der Waals surface area contributed by atoms with E-state index in [9.17, 15) is 27.9 Å². The van der Waals surface area contributed by atoms with Gasteiger partial charge in [-0.15, -0.1) is 0 Å². The standard InChI is InChI=1S/C30H29F3N4O4/c1-19(35-28(20(2)38)29(40)37-41)24-11-5-21(6-12-24)3-4-22-9-15-26(16-10-22)36-27(39)18-34-17-23-7-13-25(14-8-23)30(31,32)33/h5-16,20,28,34-35,38,41H,1,17-18H2,2H3,(H,36,39)(H,37,40)/t20-,28+/m1/s1. The summed E-state index contributed by atoms with van der Waals surface area (Å²) < 4.78 is 37.9. The molecule has 0 saturated heterocycles. The van der Waals surface area contributed by atoms with Crippen molar-refractivity contribution >= 4 is 23.2 Å². The molecule has 2 amide bonds. The number of hydrogen-bond acceptors (Lipinski definition) is 6. The van der Waals surface area contributed by atoms with Crippen molar-refractivity contribution in [2.24, 2.45) is 0 Å². The summed E-state index contributed by atoms with van der Waals surface area (Å²) >= 11 is 0. The Bertz CT molecular complexity index is 1410. The topological polar surface area (TPSA) is 123 Å². The first-order valence-corrected chi connectivity index (χ1v) is 12.4. The molecule has 0 bridgehead atoms. The number of alkyl halides is 3. The third-order valence-corrected chi connectivity index (χ3v) is 5.85. The van der Waals surface area contributed by atoms with Crippen LogP contribution in [0, 0.1) is 11.8 Å². The van der Waals surface area contributed by atoms with Crippen LogP contribution >= 0.6 is 0 Å². The molecule has 0 aliphatic heterocycles. The highest BCUT2D eigenvalue weighted by molar-refractivity contribution is 5.92. The summed E-state index contributed by atoms with van der Waals surface area (Å²) in [4.78, 5) is 23.9. The SMILES string of the molecule is C=C(N[C@H](C(=O)NO)[C@@H](C)O)c1ccc(C#Cc2ccc(NC(=O)CNCc3ccc(C(F)(F)F)cc3)cc2)cc1. The van der Waals surface area contributed by atoms with E-state index in [0.717, 1.165) is 17.7 Å². The number of hydroxylamine groups is 1. The molecule has 8 nitrogen and oxygen atoms in total. The second-order valence-electron chi connectivity index (χ2n) is 9.07. The van der Waals surface area contributed by atoms with Crippen molar-refractivity contribution in [1.82, 2.24) is 16.1 Å². The Labute approximate surface area is 235 Å². The zero-order valence-electron chi connectivity index (χ0n) is 22.0. The molecule has 214 valence electrons. The summed E-state index contributed by atoms with van der Waals surface area (Å²) in [5.41, 5.74) is 4.46. The Morgan fingerprint density at radius 1 is 0.927 bits per heavy atom. The lowest BCUT2D eigenvalue weighted by Gasteiger charge is -2.21. The number of amides is 2. The van der Waals surface area contributed by atoms with Gasteiger partial charge in [0.2, 0.25) is 5.91 Å². The van der Waals surface area contributed by atoms with Gasteiger partial charge >= 0.3 is 6.18 Å². The fourth-order valence-corrected chi connectivity index (χ4v) is 3.62. The highest BCUT2D eigenvalue weighted by atomic mass is 19.4. The lowest BCUT2D eigenvalue weighted by atomic mass is 10.1. The summed E-state index contributed by atoms with van der Waals surface area (Å²) in [6.45, 7) is 5.50. The Morgan fingerprint density at radius 3 is 2.00 bits per heavy atom. The first-order chi connectivity index (χ1) is 19.5. The van der Waals surface area contributed by atoms with Crippen molar-refractivity contribution in [2.45, 2.75) is 31.8 Å². The average Bonchev–Trinajstić information content (AvgIpc) is 2.95. The maximum Gasteiger partial charge on any atom is 0.416 e. The molecule has 0 radical (unpaired) electrons. The molecule has 41 heavy (non-hydrogen) atoms. The minimum absolute atomic E-state index is 0.0190. The van der Waals surface area contributed by atoms with Crippen molar-refractivity contribution in [3.05, 3.63) is 107 Å². The maximum absolute atomic E-state index is 12.6. The molecule has 0 aliphatic carbocycles. The number of aliphatic hydroxyl groups is 1. The number of carbonyl (C=O) groups is 2. The van der Waals surface area contributed by atoms with E-state index in [1.165, 1.54) is 24.5 Å². The molecular weight excluding hydrogens is 537 g/mol. The summed E-state index contributed by atoms with van der Waals surface area (Å²) in [5.74, 6) is 4.97. The second-order valence-corrected chi connectivity index (χ2v) is 9.07. The van der Waals surface area contributed by atoms with Gasteiger partial charge in [-0.3, -0.25) is 14.8 Å². The van der Waals surface area contributed by atoms with Crippen molar-refractivity contribution in [2.75, 3.05) is 11.9 Å². The average molecular weight is 567 g/mol. The number of benzene rings is 3. The molecule has 0 spiro atoms. The summed E-state index contributed by atoms with van der Waals surface area (Å²) in [7, 11) is 0. The molecule has 3 rings (SSSR count). The number of hydrogen-bond donors (Lipinski definition) is 6. The minimum atomic E-state index is -4.39. The zero-order chi connectivity index (χ0) is 30.0. The second kappa shape index (κ2) is 14.1. The van der Waals surface area contributed by atoms with Gasteiger partial charge in [-0.2, -0.15) is 13.2 Å². The van der Waals surface area contributed by atoms with Gasteiger partial charge < -0.3 is 21.1 Å². The Hall–Kier alpha value is -4.63. The van der Waals surface area contributed by atoms with Crippen molar-refractivity contribution < 1.29 is 33.1 Å². The molecule has 11 heteroatoms. The quantitative estimate of drug-likeness (QED) is 0.127. The van der Waals surface area contributed by atoms with E-state index in [1.807, 2.05) is 0 Å². The Balaban J connectivity index is 1.48. The van der Waals surface area contributed by atoms with Gasteiger partial charge in [0.25, 0.3) is 5.91 Å². The van der Waals surface area contributed by atoms with Gasteiger partial charge in [-0.25, -0.2) is 5.48 Å². The number of rotatable bonds is 10. The number of nitrogens with one attached hydrogen (secondary N) is 4. The molecule has 3 aromatic rings. The maximum atomic E-state index is 12.6. The van der Waals surface area contributed by atoms with E-state index in [4.69, 9.17) is 5.21 Å². The van der Waals surface area contributed by atoms with Gasteiger partial charge in [-0.05, 0) is 66.6 Å². The first kappa shape index (κ1) is 30.9. The van der Waals surface area contributed by atoms with Crippen LogP contribution in [-0.2, 0) is 22.3 Å². The van der Waals surface area contributed by atoms with Crippen LogP contribution in [-0.4, -0.2) is 40.8 Å². The molecule has 0 heterocycles. The van der Waals surface area contributed by atoms with E-state index in [2.05, 4.69) is 34.4 Å². The van der Waals surface area contributed by atoms with E-state index in [-0.39, 0.29) is 19.0 Å². The van der Waals surface area contributed by atoms with E-state index < -0.39 is 29.8 Å². The third-order valence-electron chi connectivity index (χ3n) is 5.85. The molecule has 0 aromatic heterocycles. The van der Waals surface area contributed by atoms with E-state index in [0.29, 0.717) is 28.1 Å². The van der Waals surface area contributed by atoms with Crippen LogP contribution in [0.25, 0.3) is 5.70 Å². The molecule has 0 fully saturated rings. The molecule has 2 atom stereocenters. The fourth-order valence-electron chi connectivity index (χ4n) is 3.62. The van der Waals surface area contributed by atoms with Crippen LogP contribution in [0.2, 0.25) is 0 Å². The number of anilines is 1. The van der Waals surface area contributed by atoms with Gasteiger partial charge in [0, 0.05) is 29.1 Å². The predicted molar refractivity (Wildman–Crippen MR) is 148 cm³/mol. The number of halogens is 3. The van der Waals surface area contributed by atoms with Gasteiger partial charge in [-0.1, -0.05) is 42.7 Å². The lowest BCUT2D eigenvalue weighted by Crippen LogP contribution is -2.48. The molecular formula is C30H29F3N4O4. The largest absolute Gasteiger partial charge is 0.416 e. The zero-order valence-corrected chi connectivity index (χ0v) is 22.0. The smallest absolute Gasteiger partial charge is 0.391 e. The van der Waals surface area contributed by atoms with Crippen LogP contribution in [0.15, 0.2) is 79.4 Å². The Kier molecular flexibility index (Phi) is 10.7. The normalized spacial score (nSPS) is 12.3. The van der Waals surface area contributed by atoms with Crippen LogP contribution in [0.1, 0.15) is 34.7 Å². The van der Waals surface area contributed by atoms with Gasteiger partial charge in [0.15, 0.2) is 0 Å². The van der Waals surface area contributed by atoms with Crippen molar-refractivity contribution in [3.63, 3.8) is 0 Å². The van der Waals surface area contributed by atoms with Crippen LogP contribution in [0.4, 0.5) is 18.9 Å². The van der Waals surface area contributed by atoms with Crippen LogP contribution < -0.4 is 21.4 Å². The summed E-state index contributed by atoms with van der Waals surface area (Å²) in [6, 6.07) is 17.6. The van der Waals surface area contributed by atoms with Gasteiger partial charge in [0.1, 0.15) is 6.04 Å². The van der Waals surface area contributed by atoms with E-state index in [1.54, 1.807) is 48.5 Å². The van der Waals surface area contributed by atoms with E-state index >= 15 is 0 Å². The lowest BCUT2D eigenvalue weighted by molar-refractivity contribution is -0.137. The highest BCUT2D eigenvalue weighted by Crippen LogP contribution is 2.29. The molecule has 0 saturated carbocycles. The molecule has 0 unspecified atom stereocenters. The fraction of sp³-hybridized carbons (Fsp3) is 0.200. The number of aliphatic hydroxyl groups excluding tert-OH is 1. The minimum Gasteiger partial charge on any atom is -0.391 e. The monoisotopic (exact) mass is 566 g/mol. The Morgan fingerprint density at radius 2 is 1.49 bits per heavy atom. The van der Waals surface area contributed by atoms with Gasteiger partial charge in [0.05, 0.1) is 18.2 Å². The van der Waals surface area contributed by atoms with Crippen molar-refractivity contribution in [3.8, 4) is 11.8 Å². The van der Waals surface area contributed by atoms with Crippen LogP contribution in [0.5, 0.6) is 0 Å². The predicted octanol–water partition coefficient (Wildman–Crippen LogP) is 3.65. The highest BCUT2D eigenvalue weighted by Gasteiger charge is 2.29. The first-order valence-electron chi connectivity index (χ1n) is 12.4. The van der Waals surface area contributed by atoms with Crippen molar-refractivity contribution in [1.29, 1.82) is 0 Å².